The van der Waals surface area contributed by atoms with Crippen LogP contribution in [-0.2, 0) is 6.54 Å². The normalized spacial score (nSPS) is 23.2. The summed E-state index contributed by atoms with van der Waals surface area (Å²) in [6.45, 7) is 5.85. The summed E-state index contributed by atoms with van der Waals surface area (Å²) < 4.78 is 0. The van der Waals surface area contributed by atoms with Crippen LogP contribution in [0.4, 0.5) is 0 Å². The van der Waals surface area contributed by atoms with Crippen LogP contribution in [0, 0.1) is 0 Å². The molecule has 1 N–H and O–H groups in total. The second kappa shape index (κ2) is 4.82. The molecule has 1 aliphatic carbocycles. The SMILES string of the molecule is c1nc(C2CC2)c(CN2CCCNCC2)s1. The van der Waals surface area contributed by atoms with Gasteiger partial charge in [0.25, 0.3) is 0 Å². The van der Waals surface area contributed by atoms with E-state index < -0.39 is 0 Å². The molecule has 1 aromatic heterocycles. The van der Waals surface area contributed by atoms with Crippen molar-refractivity contribution in [2.24, 2.45) is 0 Å². The minimum atomic E-state index is 0.798. The minimum absolute atomic E-state index is 0.798. The molecule has 0 spiro atoms. The Morgan fingerprint density at radius 2 is 2.31 bits per heavy atom. The summed E-state index contributed by atoms with van der Waals surface area (Å²) >= 11 is 1.85. The van der Waals surface area contributed by atoms with Crippen LogP contribution in [0.5, 0.6) is 0 Å². The summed E-state index contributed by atoms with van der Waals surface area (Å²) in [6, 6.07) is 0. The van der Waals surface area contributed by atoms with Crippen LogP contribution in [0.15, 0.2) is 5.51 Å². The van der Waals surface area contributed by atoms with Crippen LogP contribution in [0.25, 0.3) is 0 Å². The van der Waals surface area contributed by atoms with Crippen LogP contribution in [0.1, 0.15) is 35.8 Å². The molecule has 0 amide bonds. The molecule has 0 aromatic carbocycles. The van der Waals surface area contributed by atoms with Crippen molar-refractivity contribution in [2.75, 3.05) is 26.2 Å². The summed E-state index contributed by atoms with van der Waals surface area (Å²) in [5.41, 5.74) is 3.43. The predicted molar refractivity (Wildman–Crippen MR) is 66.9 cm³/mol. The van der Waals surface area contributed by atoms with Crippen molar-refractivity contribution in [3.05, 3.63) is 16.1 Å². The molecule has 1 saturated carbocycles. The Hall–Kier alpha value is -0.450. The van der Waals surface area contributed by atoms with Gasteiger partial charge in [-0.25, -0.2) is 4.98 Å². The highest BCUT2D eigenvalue weighted by molar-refractivity contribution is 7.09. The molecular formula is C12H19N3S. The van der Waals surface area contributed by atoms with Gasteiger partial charge >= 0.3 is 0 Å². The first kappa shape index (κ1) is 10.7. The maximum Gasteiger partial charge on any atom is 0.0798 e. The molecule has 88 valence electrons. The molecule has 3 nitrogen and oxygen atoms in total. The van der Waals surface area contributed by atoms with E-state index in [2.05, 4.69) is 15.2 Å². The van der Waals surface area contributed by atoms with Gasteiger partial charge in [0.1, 0.15) is 0 Å². The molecule has 1 saturated heterocycles. The van der Waals surface area contributed by atoms with Gasteiger partial charge in [-0.2, -0.15) is 0 Å². The molecular weight excluding hydrogens is 218 g/mol. The van der Waals surface area contributed by atoms with Gasteiger partial charge < -0.3 is 5.32 Å². The Labute approximate surface area is 101 Å². The summed E-state index contributed by atoms with van der Waals surface area (Å²) in [5, 5.41) is 3.45. The Kier molecular flexibility index (Phi) is 3.22. The lowest BCUT2D eigenvalue weighted by atomic mass is 10.2. The van der Waals surface area contributed by atoms with Crippen LogP contribution in [0.3, 0.4) is 0 Å². The summed E-state index contributed by atoms with van der Waals surface area (Å²) in [5.74, 6) is 0.798. The van der Waals surface area contributed by atoms with E-state index in [0.29, 0.717) is 0 Å². The summed E-state index contributed by atoms with van der Waals surface area (Å²) in [7, 11) is 0. The zero-order valence-electron chi connectivity index (χ0n) is 9.61. The zero-order valence-corrected chi connectivity index (χ0v) is 10.4. The van der Waals surface area contributed by atoms with Gasteiger partial charge in [-0.1, -0.05) is 0 Å². The fourth-order valence-corrected chi connectivity index (χ4v) is 3.24. The van der Waals surface area contributed by atoms with E-state index >= 15 is 0 Å². The van der Waals surface area contributed by atoms with Crippen molar-refractivity contribution in [2.45, 2.75) is 31.7 Å². The molecule has 2 fully saturated rings. The van der Waals surface area contributed by atoms with E-state index in [1.807, 2.05) is 16.8 Å². The second-order valence-corrected chi connectivity index (χ2v) is 5.75. The lowest BCUT2D eigenvalue weighted by Crippen LogP contribution is -2.27. The van der Waals surface area contributed by atoms with Crippen molar-refractivity contribution in [3.8, 4) is 0 Å². The molecule has 2 aliphatic rings. The first-order valence-electron chi connectivity index (χ1n) is 6.29. The van der Waals surface area contributed by atoms with E-state index in [9.17, 15) is 0 Å². The van der Waals surface area contributed by atoms with Crippen molar-refractivity contribution in [1.82, 2.24) is 15.2 Å². The predicted octanol–water partition coefficient (Wildman–Crippen LogP) is 1.82. The molecule has 0 radical (unpaired) electrons. The van der Waals surface area contributed by atoms with Gasteiger partial charge in [0, 0.05) is 30.4 Å². The van der Waals surface area contributed by atoms with Gasteiger partial charge in [-0.05, 0) is 32.4 Å². The molecule has 2 heterocycles. The van der Waals surface area contributed by atoms with E-state index in [1.54, 1.807) is 0 Å². The first-order valence-corrected chi connectivity index (χ1v) is 7.17. The molecule has 1 aliphatic heterocycles. The monoisotopic (exact) mass is 237 g/mol. The van der Waals surface area contributed by atoms with E-state index in [-0.39, 0.29) is 0 Å². The number of aromatic nitrogens is 1. The maximum atomic E-state index is 4.54. The Morgan fingerprint density at radius 3 is 3.19 bits per heavy atom. The molecule has 3 rings (SSSR count). The molecule has 0 unspecified atom stereocenters. The lowest BCUT2D eigenvalue weighted by molar-refractivity contribution is 0.286. The lowest BCUT2D eigenvalue weighted by Gasteiger charge is -2.18. The van der Waals surface area contributed by atoms with Gasteiger partial charge in [0.15, 0.2) is 0 Å². The smallest absolute Gasteiger partial charge is 0.0798 e. The van der Waals surface area contributed by atoms with Crippen LogP contribution >= 0.6 is 11.3 Å². The van der Waals surface area contributed by atoms with E-state index in [1.165, 1.54) is 49.5 Å². The molecule has 4 heteroatoms. The third-order valence-electron chi connectivity index (χ3n) is 3.44. The highest BCUT2D eigenvalue weighted by Crippen LogP contribution is 2.42. The van der Waals surface area contributed by atoms with Gasteiger partial charge in [0.2, 0.25) is 0 Å². The molecule has 0 bridgehead atoms. The standard InChI is InChI=1S/C12H19N3S/c1-4-13-5-7-15(6-1)8-11-12(10-2-3-10)14-9-16-11/h9-10,13H,1-8H2. The quantitative estimate of drug-likeness (QED) is 0.869. The number of nitrogens with zero attached hydrogens (tertiary/aromatic N) is 2. The van der Waals surface area contributed by atoms with Crippen molar-refractivity contribution in [3.63, 3.8) is 0 Å². The van der Waals surface area contributed by atoms with Crippen molar-refractivity contribution < 1.29 is 0 Å². The Balaban J connectivity index is 1.65. The Morgan fingerprint density at radius 1 is 1.38 bits per heavy atom. The summed E-state index contributed by atoms with van der Waals surface area (Å²) in [6.07, 6.45) is 3.99. The number of rotatable bonds is 3. The highest BCUT2D eigenvalue weighted by atomic mass is 32.1. The minimum Gasteiger partial charge on any atom is -0.315 e. The fraction of sp³-hybridized carbons (Fsp3) is 0.750. The second-order valence-electron chi connectivity index (χ2n) is 4.81. The fourth-order valence-electron chi connectivity index (χ4n) is 2.35. The summed E-state index contributed by atoms with van der Waals surface area (Å²) in [4.78, 5) is 8.63. The van der Waals surface area contributed by atoms with Crippen LogP contribution in [-0.4, -0.2) is 36.1 Å². The average molecular weight is 237 g/mol. The average Bonchev–Trinajstić information content (AvgIpc) is 3.07. The van der Waals surface area contributed by atoms with Crippen molar-refractivity contribution >= 4 is 11.3 Å². The van der Waals surface area contributed by atoms with Gasteiger partial charge in [-0.15, -0.1) is 11.3 Å². The van der Waals surface area contributed by atoms with Gasteiger partial charge in [0.05, 0.1) is 11.2 Å². The van der Waals surface area contributed by atoms with Crippen molar-refractivity contribution in [1.29, 1.82) is 0 Å². The first-order chi connectivity index (χ1) is 7.93. The van der Waals surface area contributed by atoms with Crippen LogP contribution in [0.2, 0.25) is 0 Å². The number of nitrogens with one attached hydrogen (secondary N) is 1. The Bertz CT molecular complexity index is 338. The van der Waals surface area contributed by atoms with Gasteiger partial charge in [-0.3, -0.25) is 4.90 Å². The third kappa shape index (κ3) is 2.44. The van der Waals surface area contributed by atoms with Crippen LogP contribution < -0.4 is 5.32 Å². The molecule has 1 aromatic rings. The number of hydrogen-bond acceptors (Lipinski definition) is 4. The number of hydrogen-bond donors (Lipinski definition) is 1. The topological polar surface area (TPSA) is 28.2 Å². The van der Waals surface area contributed by atoms with E-state index in [0.717, 1.165) is 19.0 Å². The zero-order chi connectivity index (χ0) is 10.8. The maximum absolute atomic E-state index is 4.54. The largest absolute Gasteiger partial charge is 0.315 e. The molecule has 0 atom stereocenters. The van der Waals surface area contributed by atoms with E-state index in [4.69, 9.17) is 0 Å². The number of thiazole rings is 1. The molecule has 16 heavy (non-hydrogen) atoms. The third-order valence-corrected chi connectivity index (χ3v) is 4.27. The highest BCUT2D eigenvalue weighted by Gasteiger charge is 2.28.